The van der Waals surface area contributed by atoms with Crippen molar-refractivity contribution < 1.29 is 14.3 Å². The number of rotatable bonds is 7. The number of halogens is 1. The molecule has 0 aliphatic rings. The first-order valence-corrected chi connectivity index (χ1v) is 9.30. The van der Waals surface area contributed by atoms with Gasteiger partial charge in [-0.3, -0.25) is 0 Å². The molecule has 0 spiro atoms. The van der Waals surface area contributed by atoms with E-state index in [1.165, 1.54) is 0 Å². The average molecular weight is 501 g/mol. The highest BCUT2D eigenvalue weighted by Crippen LogP contribution is 2.25. The van der Waals surface area contributed by atoms with Gasteiger partial charge >= 0.3 is 0 Å². The van der Waals surface area contributed by atoms with Crippen LogP contribution in [0.2, 0.25) is 0 Å². The number of aryl methyl sites for hydroxylation is 1. The molecule has 0 aliphatic heterocycles. The van der Waals surface area contributed by atoms with E-state index in [0.717, 1.165) is 23.4 Å². The third kappa shape index (κ3) is 8.10. The van der Waals surface area contributed by atoms with Crippen LogP contribution in [0.5, 0.6) is 5.75 Å². The summed E-state index contributed by atoms with van der Waals surface area (Å²) in [6.45, 7) is 11.6. The molecule has 0 saturated carbocycles. The first-order chi connectivity index (χ1) is 12.8. The van der Waals surface area contributed by atoms with E-state index in [2.05, 4.69) is 21.7 Å². The van der Waals surface area contributed by atoms with E-state index in [-0.39, 0.29) is 29.6 Å². The molecule has 1 heterocycles. The number of benzene rings is 1. The summed E-state index contributed by atoms with van der Waals surface area (Å²) < 4.78 is 11.3. The molecule has 1 atom stereocenters. The number of hydrogen-bond acceptors (Lipinski definition) is 4. The van der Waals surface area contributed by atoms with E-state index in [4.69, 9.17) is 9.15 Å². The minimum atomic E-state index is -0.733. The van der Waals surface area contributed by atoms with Crippen molar-refractivity contribution in [3.05, 3.63) is 53.5 Å². The molecule has 1 aromatic heterocycles. The Balaban J connectivity index is 0.00000392. The molecule has 0 amide bonds. The van der Waals surface area contributed by atoms with Crippen molar-refractivity contribution in [2.24, 2.45) is 4.99 Å². The normalized spacial score (nSPS) is 12.9. The van der Waals surface area contributed by atoms with Gasteiger partial charge in [0.25, 0.3) is 0 Å². The number of aliphatic imine (C=N–C) groups is 1. The molecule has 1 unspecified atom stereocenters. The predicted molar refractivity (Wildman–Crippen MR) is 123 cm³/mol. The van der Waals surface area contributed by atoms with Crippen molar-refractivity contribution in [2.45, 2.75) is 52.9 Å². The highest BCUT2D eigenvalue weighted by molar-refractivity contribution is 14.0. The van der Waals surface area contributed by atoms with E-state index >= 15 is 0 Å². The van der Waals surface area contributed by atoms with Gasteiger partial charge in [-0.25, -0.2) is 4.99 Å². The zero-order chi connectivity index (χ0) is 19.9. The first kappa shape index (κ1) is 24.3. The van der Waals surface area contributed by atoms with Gasteiger partial charge in [0.1, 0.15) is 23.2 Å². The standard InChI is InChI=1S/C21H31N3O3.HI/c1-6-22-20(24-14-17(25)18-8-7-11-26-18)23-13-16-10-9-15(2)12-19(16)27-21(3,4)5;/h7-12,17,25H,6,13-14H2,1-5H3,(H2,22,23,24);1H. The minimum absolute atomic E-state index is 0. The second kappa shape index (κ2) is 11.3. The number of ether oxygens (including phenoxy) is 1. The van der Waals surface area contributed by atoms with Crippen LogP contribution in [0.1, 0.15) is 50.7 Å². The molecule has 7 heteroatoms. The minimum Gasteiger partial charge on any atom is -0.488 e. The number of aliphatic hydroxyl groups excluding tert-OH is 1. The molecule has 3 N–H and O–H groups in total. The monoisotopic (exact) mass is 501 g/mol. The molecular weight excluding hydrogens is 469 g/mol. The largest absolute Gasteiger partial charge is 0.488 e. The average Bonchev–Trinajstić information content (AvgIpc) is 3.11. The van der Waals surface area contributed by atoms with Crippen LogP contribution in [0, 0.1) is 6.92 Å². The van der Waals surface area contributed by atoms with Gasteiger partial charge in [-0.05, 0) is 58.4 Å². The predicted octanol–water partition coefficient (Wildman–Crippen LogP) is 4.17. The van der Waals surface area contributed by atoms with Crippen molar-refractivity contribution >= 4 is 29.9 Å². The lowest BCUT2D eigenvalue weighted by Gasteiger charge is -2.23. The lowest BCUT2D eigenvalue weighted by Crippen LogP contribution is -2.39. The molecule has 0 radical (unpaired) electrons. The van der Waals surface area contributed by atoms with Crippen LogP contribution < -0.4 is 15.4 Å². The Bertz CT molecular complexity index is 740. The number of guanidine groups is 1. The quantitative estimate of drug-likeness (QED) is 0.302. The van der Waals surface area contributed by atoms with Gasteiger partial charge < -0.3 is 24.9 Å². The maximum absolute atomic E-state index is 10.2. The van der Waals surface area contributed by atoms with Crippen LogP contribution in [0.3, 0.4) is 0 Å². The Hall–Kier alpha value is -1.74. The maximum Gasteiger partial charge on any atom is 0.191 e. The summed E-state index contributed by atoms with van der Waals surface area (Å²) >= 11 is 0. The summed E-state index contributed by atoms with van der Waals surface area (Å²) in [5, 5.41) is 16.5. The zero-order valence-electron chi connectivity index (χ0n) is 17.3. The highest BCUT2D eigenvalue weighted by atomic mass is 127. The van der Waals surface area contributed by atoms with Crippen molar-refractivity contribution in [1.82, 2.24) is 10.6 Å². The van der Waals surface area contributed by atoms with Crippen LogP contribution in [-0.4, -0.2) is 29.8 Å². The van der Waals surface area contributed by atoms with Crippen LogP contribution in [-0.2, 0) is 6.54 Å². The molecule has 0 aliphatic carbocycles. The number of furan rings is 1. The van der Waals surface area contributed by atoms with Crippen LogP contribution in [0.4, 0.5) is 0 Å². The first-order valence-electron chi connectivity index (χ1n) is 9.30. The summed E-state index contributed by atoms with van der Waals surface area (Å²) in [6.07, 6.45) is 0.814. The number of hydrogen-bond donors (Lipinski definition) is 3. The summed E-state index contributed by atoms with van der Waals surface area (Å²) in [6, 6.07) is 9.64. The SMILES string of the molecule is CCNC(=NCc1ccc(C)cc1OC(C)(C)C)NCC(O)c1ccco1.I. The Morgan fingerprint density at radius 1 is 1.25 bits per heavy atom. The van der Waals surface area contributed by atoms with E-state index in [1.54, 1.807) is 18.4 Å². The maximum atomic E-state index is 10.2. The van der Waals surface area contributed by atoms with E-state index < -0.39 is 6.10 Å². The lowest BCUT2D eigenvalue weighted by atomic mass is 10.1. The molecule has 156 valence electrons. The molecule has 0 fully saturated rings. The number of nitrogens with zero attached hydrogens (tertiary/aromatic N) is 1. The summed E-state index contributed by atoms with van der Waals surface area (Å²) in [5.41, 5.74) is 1.88. The van der Waals surface area contributed by atoms with Crippen molar-refractivity contribution in [2.75, 3.05) is 13.1 Å². The Kier molecular flexibility index (Phi) is 9.81. The van der Waals surface area contributed by atoms with Crippen LogP contribution in [0.15, 0.2) is 46.0 Å². The van der Waals surface area contributed by atoms with Gasteiger partial charge in [0.2, 0.25) is 0 Å². The Morgan fingerprint density at radius 2 is 2.00 bits per heavy atom. The van der Waals surface area contributed by atoms with E-state index in [1.807, 2.05) is 46.8 Å². The fourth-order valence-corrected chi connectivity index (χ4v) is 2.50. The molecule has 0 saturated heterocycles. The number of nitrogens with one attached hydrogen (secondary N) is 2. The van der Waals surface area contributed by atoms with E-state index in [9.17, 15) is 5.11 Å². The molecule has 2 aromatic rings. The molecule has 2 rings (SSSR count). The van der Waals surface area contributed by atoms with Gasteiger partial charge in [-0.1, -0.05) is 12.1 Å². The second-order valence-corrected chi connectivity index (χ2v) is 7.43. The molecule has 28 heavy (non-hydrogen) atoms. The van der Waals surface area contributed by atoms with Crippen molar-refractivity contribution in [3.8, 4) is 5.75 Å². The van der Waals surface area contributed by atoms with Gasteiger partial charge in [0, 0.05) is 12.1 Å². The smallest absolute Gasteiger partial charge is 0.191 e. The summed E-state index contributed by atoms with van der Waals surface area (Å²) in [5.74, 6) is 2.00. The summed E-state index contributed by atoms with van der Waals surface area (Å²) in [4.78, 5) is 4.63. The zero-order valence-corrected chi connectivity index (χ0v) is 19.6. The molecular formula is C21H32IN3O3. The number of aliphatic hydroxyl groups is 1. The van der Waals surface area contributed by atoms with Gasteiger partial charge in [0.05, 0.1) is 19.4 Å². The third-order valence-electron chi connectivity index (χ3n) is 3.73. The van der Waals surface area contributed by atoms with Gasteiger partial charge in [-0.15, -0.1) is 24.0 Å². The van der Waals surface area contributed by atoms with Crippen LogP contribution >= 0.6 is 24.0 Å². The van der Waals surface area contributed by atoms with Crippen LogP contribution in [0.25, 0.3) is 0 Å². The molecule has 1 aromatic carbocycles. The molecule has 6 nitrogen and oxygen atoms in total. The molecule has 0 bridgehead atoms. The Morgan fingerprint density at radius 3 is 2.61 bits per heavy atom. The lowest BCUT2D eigenvalue weighted by molar-refractivity contribution is 0.129. The van der Waals surface area contributed by atoms with E-state index in [0.29, 0.717) is 24.8 Å². The Labute approximate surface area is 184 Å². The fraction of sp³-hybridized carbons (Fsp3) is 0.476. The van der Waals surface area contributed by atoms with Gasteiger partial charge in [0.15, 0.2) is 5.96 Å². The second-order valence-electron chi connectivity index (χ2n) is 7.43. The van der Waals surface area contributed by atoms with Crippen molar-refractivity contribution in [3.63, 3.8) is 0 Å². The van der Waals surface area contributed by atoms with Crippen molar-refractivity contribution in [1.29, 1.82) is 0 Å². The van der Waals surface area contributed by atoms with Gasteiger partial charge in [-0.2, -0.15) is 0 Å². The highest BCUT2D eigenvalue weighted by Gasteiger charge is 2.15. The summed E-state index contributed by atoms with van der Waals surface area (Å²) in [7, 11) is 0. The third-order valence-corrected chi connectivity index (χ3v) is 3.73. The topological polar surface area (TPSA) is 79.0 Å². The fourth-order valence-electron chi connectivity index (χ4n) is 2.50.